The van der Waals surface area contributed by atoms with Crippen LogP contribution in [0.3, 0.4) is 0 Å². The van der Waals surface area contributed by atoms with Crippen molar-refractivity contribution in [2.24, 2.45) is 0 Å². The van der Waals surface area contributed by atoms with E-state index in [0.29, 0.717) is 37.8 Å². The Labute approximate surface area is 139 Å². The van der Waals surface area contributed by atoms with Gasteiger partial charge >= 0.3 is 5.97 Å². The zero-order chi connectivity index (χ0) is 16.9. The second-order valence-electron chi connectivity index (χ2n) is 5.40. The second kappa shape index (κ2) is 7.27. The Morgan fingerprint density at radius 3 is 2.62 bits per heavy atom. The number of hydrogen-bond donors (Lipinski definition) is 0. The molecule has 0 atom stereocenters. The molecule has 0 radical (unpaired) electrons. The summed E-state index contributed by atoms with van der Waals surface area (Å²) in [4.78, 5) is 26.1. The molecule has 1 aromatic heterocycles. The van der Waals surface area contributed by atoms with Crippen molar-refractivity contribution < 1.29 is 23.6 Å². The van der Waals surface area contributed by atoms with Gasteiger partial charge in [0.15, 0.2) is 6.61 Å². The number of aromatic nitrogens is 1. The Kier molecular flexibility index (Phi) is 4.90. The first-order valence-corrected chi connectivity index (χ1v) is 7.71. The number of amides is 1. The van der Waals surface area contributed by atoms with Crippen molar-refractivity contribution in [1.82, 2.24) is 10.1 Å². The SMILES string of the molecule is Cc1onc(-c2ccccc2)c1C(=O)OCC(=O)N1CCOCC1. The normalized spacial score (nSPS) is 14.5. The van der Waals surface area contributed by atoms with Crippen LogP contribution in [0.4, 0.5) is 0 Å². The molecule has 1 aromatic carbocycles. The standard InChI is InChI=1S/C17H18N2O5/c1-12-15(16(18-24-12)13-5-3-2-4-6-13)17(21)23-11-14(20)19-7-9-22-10-8-19/h2-6H,7-11H2,1H3. The number of carbonyl (C=O) groups excluding carboxylic acids is 2. The number of hydrogen-bond acceptors (Lipinski definition) is 6. The van der Waals surface area contributed by atoms with Gasteiger partial charge in [0.1, 0.15) is 17.0 Å². The fourth-order valence-electron chi connectivity index (χ4n) is 2.51. The van der Waals surface area contributed by atoms with Crippen LogP contribution in [0.25, 0.3) is 11.3 Å². The molecule has 1 aliphatic heterocycles. The molecule has 7 heteroatoms. The van der Waals surface area contributed by atoms with Gasteiger partial charge in [-0.1, -0.05) is 35.5 Å². The highest BCUT2D eigenvalue weighted by atomic mass is 16.5. The quantitative estimate of drug-likeness (QED) is 0.793. The first kappa shape index (κ1) is 16.2. The molecule has 0 saturated carbocycles. The van der Waals surface area contributed by atoms with E-state index < -0.39 is 5.97 Å². The number of aryl methyl sites for hydroxylation is 1. The molecule has 1 amide bonds. The van der Waals surface area contributed by atoms with Crippen LogP contribution in [0.5, 0.6) is 0 Å². The summed E-state index contributed by atoms with van der Waals surface area (Å²) in [6, 6.07) is 9.21. The lowest BCUT2D eigenvalue weighted by Crippen LogP contribution is -2.42. The van der Waals surface area contributed by atoms with Gasteiger partial charge in [0.25, 0.3) is 5.91 Å². The van der Waals surface area contributed by atoms with Crippen molar-refractivity contribution in [2.75, 3.05) is 32.9 Å². The number of ether oxygens (including phenoxy) is 2. The minimum Gasteiger partial charge on any atom is -0.452 e. The van der Waals surface area contributed by atoms with Crippen LogP contribution >= 0.6 is 0 Å². The highest BCUT2D eigenvalue weighted by molar-refractivity contribution is 5.98. The van der Waals surface area contributed by atoms with E-state index in [9.17, 15) is 9.59 Å². The first-order chi connectivity index (χ1) is 11.7. The zero-order valence-electron chi connectivity index (χ0n) is 13.4. The summed E-state index contributed by atoms with van der Waals surface area (Å²) in [6.07, 6.45) is 0. The van der Waals surface area contributed by atoms with E-state index in [0.717, 1.165) is 5.56 Å². The third kappa shape index (κ3) is 3.46. The summed E-state index contributed by atoms with van der Waals surface area (Å²) in [5.74, 6) is -0.492. The van der Waals surface area contributed by atoms with Crippen LogP contribution in [0.2, 0.25) is 0 Å². The number of benzene rings is 1. The number of rotatable bonds is 4. The summed E-state index contributed by atoms with van der Waals surface area (Å²) in [5.41, 5.74) is 1.41. The second-order valence-corrected chi connectivity index (χ2v) is 5.40. The first-order valence-electron chi connectivity index (χ1n) is 7.71. The number of morpholine rings is 1. The highest BCUT2D eigenvalue weighted by Gasteiger charge is 2.25. The smallest absolute Gasteiger partial charge is 0.344 e. The van der Waals surface area contributed by atoms with E-state index in [-0.39, 0.29) is 18.1 Å². The van der Waals surface area contributed by atoms with E-state index in [1.165, 1.54) is 0 Å². The van der Waals surface area contributed by atoms with Crippen LogP contribution < -0.4 is 0 Å². The van der Waals surface area contributed by atoms with Crippen molar-refractivity contribution >= 4 is 11.9 Å². The minimum absolute atomic E-state index is 0.234. The average molecular weight is 330 g/mol. The lowest BCUT2D eigenvalue weighted by atomic mass is 10.1. The van der Waals surface area contributed by atoms with Crippen molar-refractivity contribution in [2.45, 2.75) is 6.92 Å². The molecule has 0 N–H and O–H groups in total. The Morgan fingerprint density at radius 1 is 1.21 bits per heavy atom. The molecule has 24 heavy (non-hydrogen) atoms. The van der Waals surface area contributed by atoms with Gasteiger partial charge in [0.05, 0.1) is 13.2 Å². The van der Waals surface area contributed by atoms with Gasteiger partial charge in [0, 0.05) is 18.7 Å². The Bertz CT molecular complexity index is 720. The van der Waals surface area contributed by atoms with E-state index >= 15 is 0 Å². The van der Waals surface area contributed by atoms with Crippen LogP contribution in [0, 0.1) is 6.92 Å². The Morgan fingerprint density at radius 2 is 1.92 bits per heavy atom. The predicted molar refractivity (Wildman–Crippen MR) is 84.4 cm³/mol. The molecule has 0 unspecified atom stereocenters. The topological polar surface area (TPSA) is 81.9 Å². The van der Waals surface area contributed by atoms with Gasteiger partial charge in [-0.2, -0.15) is 0 Å². The molecule has 0 bridgehead atoms. The van der Waals surface area contributed by atoms with Crippen molar-refractivity contribution in [3.63, 3.8) is 0 Å². The van der Waals surface area contributed by atoms with Crippen molar-refractivity contribution in [3.05, 3.63) is 41.7 Å². The van der Waals surface area contributed by atoms with E-state index in [4.69, 9.17) is 14.0 Å². The molecular formula is C17H18N2O5. The Hall–Kier alpha value is -2.67. The molecule has 1 aliphatic rings. The highest BCUT2D eigenvalue weighted by Crippen LogP contribution is 2.25. The van der Waals surface area contributed by atoms with Gasteiger partial charge in [0.2, 0.25) is 0 Å². The summed E-state index contributed by atoms with van der Waals surface area (Å²) in [7, 11) is 0. The number of esters is 1. The van der Waals surface area contributed by atoms with Crippen LogP contribution in [-0.2, 0) is 14.3 Å². The maximum atomic E-state index is 12.4. The molecule has 126 valence electrons. The van der Waals surface area contributed by atoms with Crippen molar-refractivity contribution in [3.8, 4) is 11.3 Å². The molecular weight excluding hydrogens is 312 g/mol. The fraction of sp³-hybridized carbons (Fsp3) is 0.353. The van der Waals surface area contributed by atoms with Gasteiger partial charge in [-0.15, -0.1) is 0 Å². The predicted octanol–water partition coefficient (Wildman–Crippen LogP) is 1.67. The lowest BCUT2D eigenvalue weighted by molar-refractivity contribution is -0.138. The molecule has 2 aromatic rings. The summed E-state index contributed by atoms with van der Waals surface area (Å²) < 4.78 is 15.5. The third-order valence-corrected chi connectivity index (χ3v) is 3.80. The van der Waals surface area contributed by atoms with Gasteiger partial charge < -0.3 is 18.9 Å². The molecule has 7 nitrogen and oxygen atoms in total. The van der Waals surface area contributed by atoms with Gasteiger partial charge in [-0.05, 0) is 6.92 Å². The summed E-state index contributed by atoms with van der Waals surface area (Å²) >= 11 is 0. The van der Waals surface area contributed by atoms with Crippen LogP contribution in [0.1, 0.15) is 16.1 Å². The molecule has 0 aliphatic carbocycles. The molecule has 2 heterocycles. The van der Waals surface area contributed by atoms with Crippen LogP contribution in [0.15, 0.2) is 34.9 Å². The maximum absolute atomic E-state index is 12.4. The summed E-state index contributed by atoms with van der Waals surface area (Å²) in [6.45, 7) is 3.36. The van der Waals surface area contributed by atoms with Gasteiger partial charge in [-0.3, -0.25) is 4.79 Å². The molecule has 3 rings (SSSR count). The van der Waals surface area contributed by atoms with Gasteiger partial charge in [-0.25, -0.2) is 4.79 Å². The Balaban J connectivity index is 1.69. The largest absolute Gasteiger partial charge is 0.452 e. The monoisotopic (exact) mass is 330 g/mol. The molecule has 1 saturated heterocycles. The lowest BCUT2D eigenvalue weighted by Gasteiger charge is -2.26. The average Bonchev–Trinajstić information content (AvgIpc) is 3.02. The summed E-state index contributed by atoms with van der Waals surface area (Å²) in [5, 5.41) is 3.94. The molecule has 0 spiro atoms. The minimum atomic E-state index is -0.616. The van der Waals surface area contributed by atoms with Crippen LogP contribution in [-0.4, -0.2) is 54.8 Å². The third-order valence-electron chi connectivity index (χ3n) is 3.80. The zero-order valence-corrected chi connectivity index (χ0v) is 13.4. The fourth-order valence-corrected chi connectivity index (χ4v) is 2.51. The van der Waals surface area contributed by atoms with E-state index in [1.54, 1.807) is 11.8 Å². The van der Waals surface area contributed by atoms with E-state index in [2.05, 4.69) is 5.16 Å². The van der Waals surface area contributed by atoms with Crippen molar-refractivity contribution in [1.29, 1.82) is 0 Å². The number of carbonyl (C=O) groups is 2. The number of nitrogens with zero attached hydrogens (tertiary/aromatic N) is 2. The maximum Gasteiger partial charge on any atom is 0.344 e. The molecule has 1 fully saturated rings. The van der Waals surface area contributed by atoms with E-state index in [1.807, 2.05) is 30.3 Å².